The highest BCUT2D eigenvalue weighted by Gasteiger charge is 2.47. The van der Waals surface area contributed by atoms with Gasteiger partial charge >= 0.3 is 5.97 Å². The van der Waals surface area contributed by atoms with E-state index in [1.165, 1.54) is 5.57 Å². The topological polar surface area (TPSA) is 85.7 Å². The number of aryl methyl sites for hydroxylation is 1. The van der Waals surface area contributed by atoms with Crippen LogP contribution < -0.4 is 0 Å². The number of esters is 1. The van der Waals surface area contributed by atoms with Crippen molar-refractivity contribution >= 4 is 53.4 Å². The Kier molecular flexibility index (Phi) is 15.6. The molecule has 0 aliphatic carbocycles. The Labute approximate surface area is 269 Å². The van der Waals surface area contributed by atoms with Crippen LogP contribution in [0.3, 0.4) is 0 Å². The number of alkyl halides is 1. The normalized spacial score (nSPS) is 16.6. The lowest BCUT2D eigenvalue weighted by atomic mass is 9.79. The molecule has 9 heteroatoms. The summed E-state index contributed by atoms with van der Waals surface area (Å²) in [6.45, 7) is 24.6. The lowest BCUT2D eigenvalue weighted by Gasteiger charge is -2.43. The predicted molar refractivity (Wildman–Crippen MR) is 183 cm³/mol. The molecule has 0 saturated carbocycles. The molecular weight excluding hydrogens is 630 g/mol. The number of allylic oxidation sites excluding steroid dienone is 1. The monoisotopic (exact) mass is 685 g/mol. The average Bonchev–Trinajstić information content (AvgIpc) is 3.28. The third-order valence-electron chi connectivity index (χ3n) is 8.45. The number of hydrogen-bond acceptors (Lipinski definition) is 7. The van der Waals surface area contributed by atoms with Gasteiger partial charge in [-0.15, -0.1) is 11.3 Å². The van der Waals surface area contributed by atoms with Gasteiger partial charge in [0.25, 0.3) is 0 Å². The van der Waals surface area contributed by atoms with Crippen LogP contribution in [0, 0.1) is 18.3 Å². The Hall–Kier alpha value is -1.13. The Bertz CT molecular complexity index is 1090. The summed E-state index contributed by atoms with van der Waals surface area (Å²) >= 11 is 5.03. The lowest BCUT2D eigenvalue weighted by Crippen LogP contribution is -2.51. The Morgan fingerprint density at radius 1 is 1.17 bits per heavy atom. The summed E-state index contributed by atoms with van der Waals surface area (Å²) in [6, 6.07) is 0. The molecule has 0 amide bonds. The van der Waals surface area contributed by atoms with Crippen LogP contribution in [0.25, 0.3) is 6.08 Å². The maximum atomic E-state index is 13.6. The molecular formula is C33H56BrNO5SSi. The zero-order chi connectivity index (χ0) is 32.5. The van der Waals surface area contributed by atoms with E-state index in [1.807, 2.05) is 46.1 Å². The van der Waals surface area contributed by atoms with Crippen LogP contribution in [0.2, 0.25) is 18.1 Å². The smallest absolute Gasteiger partial charge is 0.309 e. The molecule has 0 aliphatic heterocycles. The Balaban J connectivity index is 3.27. The number of Topliss-reactive ketones (excluding diaryl/α,β-unsaturated/α-hetero) is 1. The molecule has 0 spiro atoms. The number of hydrogen-bond donors (Lipinski definition) is 1. The van der Waals surface area contributed by atoms with E-state index in [9.17, 15) is 14.7 Å². The van der Waals surface area contributed by atoms with Crippen LogP contribution in [0.1, 0.15) is 105 Å². The zero-order valence-corrected chi connectivity index (χ0v) is 31.5. The van der Waals surface area contributed by atoms with Crippen molar-refractivity contribution in [2.24, 2.45) is 11.3 Å². The van der Waals surface area contributed by atoms with Crippen LogP contribution in [-0.4, -0.2) is 53.8 Å². The molecule has 4 atom stereocenters. The van der Waals surface area contributed by atoms with Gasteiger partial charge in [0.1, 0.15) is 6.10 Å². The van der Waals surface area contributed by atoms with Crippen LogP contribution in [0.4, 0.5) is 0 Å². The Morgan fingerprint density at radius 2 is 1.79 bits per heavy atom. The molecule has 0 aromatic carbocycles. The fourth-order valence-corrected chi connectivity index (χ4v) is 6.94. The number of halogens is 1. The maximum Gasteiger partial charge on any atom is 0.309 e. The second-order valence-electron chi connectivity index (χ2n) is 13.9. The molecule has 1 heterocycles. The van der Waals surface area contributed by atoms with Crippen molar-refractivity contribution in [3.8, 4) is 0 Å². The van der Waals surface area contributed by atoms with Crippen molar-refractivity contribution < 1.29 is 23.9 Å². The first kappa shape index (κ1) is 38.9. The molecule has 1 aromatic rings. The van der Waals surface area contributed by atoms with Crippen molar-refractivity contribution in [3.63, 3.8) is 0 Å². The zero-order valence-electron chi connectivity index (χ0n) is 28.1. The predicted octanol–water partition coefficient (Wildman–Crippen LogP) is 9.06. The van der Waals surface area contributed by atoms with Gasteiger partial charge in [0.05, 0.1) is 28.1 Å². The van der Waals surface area contributed by atoms with E-state index in [4.69, 9.17) is 9.16 Å². The number of ether oxygens (including phenoxy) is 1. The van der Waals surface area contributed by atoms with Crippen molar-refractivity contribution in [1.82, 2.24) is 4.98 Å². The van der Waals surface area contributed by atoms with Crippen molar-refractivity contribution in [2.75, 3.05) is 6.61 Å². The van der Waals surface area contributed by atoms with Gasteiger partial charge < -0.3 is 14.3 Å². The quantitative estimate of drug-likeness (QED) is 0.0762. The number of aromatic nitrogens is 1. The van der Waals surface area contributed by atoms with E-state index < -0.39 is 25.9 Å². The number of aliphatic hydroxyl groups excluding tert-OH is 1. The van der Waals surface area contributed by atoms with E-state index >= 15 is 0 Å². The number of rotatable bonds is 17. The standard InChI is InChI=1S/C33H56BrNO5SSi/c1-22(14-13-15-23(2)20-36)16-17-28(24(3)18-27-21-41-26(5)35-27)39-30(37)19-29(33(9,10)31(38)25(4)34)40-42(11,12)32(6,7)8/h16,18,21,23,25,28-29,36H,13-15,17,19-20H2,1-12H3. The molecule has 240 valence electrons. The van der Waals surface area contributed by atoms with Gasteiger partial charge in [-0.3, -0.25) is 9.59 Å². The molecule has 0 aliphatic rings. The molecule has 0 saturated heterocycles. The largest absolute Gasteiger partial charge is 0.457 e. The summed E-state index contributed by atoms with van der Waals surface area (Å²) in [5, 5.41) is 12.2. The maximum absolute atomic E-state index is 13.6. The summed E-state index contributed by atoms with van der Waals surface area (Å²) in [7, 11) is -2.31. The first-order valence-electron chi connectivity index (χ1n) is 15.1. The summed E-state index contributed by atoms with van der Waals surface area (Å²) in [5.74, 6) is -0.0835. The summed E-state index contributed by atoms with van der Waals surface area (Å²) in [4.78, 5) is 31.1. The molecule has 6 nitrogen and oxygen atoms in total. The highest BCUT2D eigenvalue weighted by molar-refractivity contribution is 9.10. The number of carbonyl (C=O) groups excluding carboxylic acids is 2. The molecule has 0 bridgehead atoms. The Morgan fingerprint density at radius 3 is 2.29 bits per heavy atom. The molecule has 1 aromatic heterocycles. The van der Waals surface area contributed by atoms with E-state index in [-0.39, 0.29) is 34.6 Å². The summed E-state index contributed by atoms with van der Waals surface area (Å²) in [6.07, 6.45) is 6.50. The molecule has 1 rings (SSSR count). The van der Waals surface area contributed by atoms with Crippen LogP contribution in [-0.2, 0) is 18.8 Å². The minimum absolute atomic E-state index is 0.000359. The third-order valence-corrected chi connectivity index (χ3v) is 14.1. The van der Waals surface area contributed by atoms with Crippen molar-refractivity contribution in [3.05, 3.63) is 33.3 Å². The number of carbonyl (C=O) groups is 2. The van der Waals surface area contributed by atoms with Crippen LogP contribution in [0.5, 0.6) is 0 Å². The van der Waals surface area contributed by atoms with Gasteiger partial charge in [-0.2, -0.15) is 0 Å². The van der Waals surface area contributed by atoms with E-state index in [0.717, 1.165) is 35.5 Å². The fraction of sp³-hybridized carbons (Fsp3) is 0.727. The molecule has 0 radical (unpaired) electrons. The van der Waals surface area contributed by atoms with E-state index in [1.54, 1.807) is 11.3 Å². The van der Waals surface area contributed by atoms with Gasteiger partial charge in [0, 0.05) is 23.8 Å². The second kappa shape index (κ2) is 16.8. The molecule has 1 N–H and O–H groups in total. The summed E-state index contributed by atoms with van der Waals surface area (Å²) < 4.78 is 12.9. The highest BCUT2D eigenvalue weighted by Crippen LogP contribution is 2.41. The number of nitrogens with zero attached hydrogens (tertiary/aromatic N) is 1. The first-order valence-corrected chi connectivity index (χ1v) is 19.8. The highest BCUT2D eigenvalue weighted by atomic mass is 79.9. The second-order valence-corrected chi connectivity index (χ2v) is 21.1. The minimum Gasteiger partial charge on any atom is -0.457 e. The van der Waals surface area contributed by atoms with Gasteiger partial charge in [0.2, 0.25) is 0 Å². The van der Waals surface area contributed by atoms with Crippen molar-refractivity contribution in [2.45, 2.75) is 137 Å². The van der Waals surface area contributed by atoms with Crippen LogP contribution in [0.15, 0.2) is 22.6 Å². The number of aliphatic hydroxyl groups is 1. The van der Waals surface area contributed by atoms with Gasteiger partial charge in [-0.25, -0.2) is 4.98 Å². The first-order chi connectivity index (χ1) is 19.2. The average molecular weight is 687 g/mol. The molecule has 42 heavy (non-hydrogen) atoms. The number of ketones is 1. The number of thiazole rings is 1. The minimum atomic E-state index is -2.31. The van der Waals surface area contributed by atoms with Crippen molar-refractivity contribution in [1.29, 1.82) is 0 Å². The van der Waals surface area contributed by atoms with Gasteiger partial charge in [-0.05, 0) is 82.7 Å². The van der Waals surface area contributed by atoms with Gasteiger partial charge in [0.15, 0.2) is 14.1 Å². The van der Waals surface area contributed by atoms with E-state index in [0.29, 0.717) is 12.3 Å². The third kappa shape index (κ3) is 12.5. The SMILES string of the molecule is CC(=CCC(OC(=O)CC(O[Si](C)(C)C(C)(C)C)C(C)(C)C(=O)C(C)Br)C(C)=Cc1csc(C)n1)CCCC(C)CO. The van der Waals surface area contributed by atoms with Crippen LogP contribution >= 0.6 is 27.3 Å². The van der Waals surface area contributed by atoms with E-state index in [2.05, 4.69) is 74.7 Å². The molecule has 0 fully saturated rings. The van der Waals surface area contributed by atoms with Gasteiger partial charge in [-0.1, -0.05) is 69.1 Å². The fourth-order valence-electron chi connectivity index (χ4n) is 4.34. The molecule has 4 unspecified atom stereocenters. The summed E-state index contributed by atoms with van der Waals surface area (Å²) in [5.41, 5.74) is 2.11. The lowest BCUT2D eigenvalue weighted by molar-refractivity contribution is -0.152.